The molecule has 2 aromatic rings. The van der Waals surface area contributed by atoms with Gasteiger partial charge in [-0.3, -0.25) is 9.48 Å². The van der Waals surface area contributed by atoms with E-state index in [2.05, 4.69) is 15.4 Å². The molecule has 6 nitrogen and oxygen atoms in total. The summed E-state index contributed by atoms with van der Waals surface area (Å²) >= 11 is 0. The number of aryl methyl sites for hydroxylation is 2. The number of carbonyl (C=O) groups is 1. The van der Waals surface area contributed by atoms with Gasteiger partial charge in [0, 0.05) is 25.2 Å². The van der Waals surface area contributed by atoms with Gasteiger partial charge in [-0.15, -0.1) is 0 Å². The largest absolute Gasteiger partial charge is 0.481 e. The Hall–Kier alpha value is -2.37. The van der Waals surface area contributed by atoms with Crippen LogP contribution >= 0.6 is 0 Å². The van der Waals surface area contributed by atoms with Crippen molar-refractivity contribution in [3.8, 4) is 5.88 Å². The van der Waals surface area contributed by atoms with Crippen molar-refractivity contribution in [1.29, 1.82) is 0 Å². The van der Waals surface area contributed by atoms with Crippen molar-refractivity contribution in [2.45, 2.75) is 26.7 Å². The molecule has 6 heteroatoms. The molecule has 0 aliphatic carbocycles. The topological polar surface area (TPSA) is 69.0 Å². The summed E-state index contributed by atoms with van der Waals surface area (Å²) in [5.41, 5.74) is 3.89. The number of methoxy groups -OCH3 is 1. The summed E-state index contributed by atoms with van der Waals surface area (Å²) in [7, 11) is 3.47. The molecule has 0 saturated carbocycles. The summed E-state index contributed by atoms with van der Waals surface area (Å²) in [6.07, 6.45) is 2.68. The first kappa shape index (κ1) is 15.0. The molecule has 2 heterocycles. The SMILES string of the molecule is COc1ccc(NC(=O)CCc2c(C)nn(C)c2C)cn1. The molecule has 21 heavy (non-hydrogen) atoms. The lowest BCUT2D eigenvalue weighted by molar-refractivity contribution is -0.116. The average Bonchev–Trinajstić information content (AvgIpc) is 2.71. The first-order valence-electron chi connectivity index (χ1n) is 6.80. The molecule has 0 aliphatic heterocycles. The van der Waals surface area contributed by atoms with Gasteiger partial charge in [-0.1, -0.05) is 0 Å². The maximum atomic E-state index is 12.0. The van der Waals surface area contributed by atoms with E-state index in [4.69, 9.17) is 4.74 Å². The molecule has 2 rings (SSSR count). The summed E-state index contributed by atoms with van der Waals surface area (Å²) in [4.78, 5) is 16.0. The minimum Gasteiger partial charge on any atom is -0.481 e. The van der Waals surface area contributed by atoms with Crippen LogP contribution in [0.5, 0.6) is 5.88 Å². The molecule has 1 amide bonds. The lowest BCUT2D eigenvalue weighted by Crippen LogP contribution is -2.13. The highest BCUT2D eigenvalue weighted by Gasteiger charge is 2.11. The van der Waals surface area contributed by atoms with Crippen molar-refractivity contribution in [2.75, 3.05) is 12.4 Å². The van der Waals surface area contributed by atoms with Crippen molar-refractivity contribution in [3.63, 3.8) is 0 Å². The van der Waals surface area contributed by atoms with E-state index in [0.29, 0.717) is 24.4 Å². The van der Waals surface area contributed by atoms with E-state index in [-0.39, 0.29) is 5.91 Å². The Bertz CT molecular complexity index is 632. The lowest BCUT2D eigenvalue weighted by Gasteiger charge is -2.06. The molecule has 0 aromatic carbocycles. The van der Waals surface area contributed by atoms with Crippen LogP contribution in [0.2, 0.25) is 0 Å². The number of rotatable bonds is 5. The number of hydrogen-bond donors (Lipinski definition) is 1. The van der Waals surface area contributed by atoms with Gasteiger partial charge in [0.05, 0.1) is 24.7 Å². The van der Waals surface area contributed by atoms with E-state index < -0.39 is 0 Å². The first-order valence-corrected chi connectivity index (χ1v) is 6.80. The van der Waals surface area contributed by atoms with E-state index in [1.807, 2.05) is 25.6 Å². The zero-order valence-electron chi connectivity index (χ0n) is 12.8. The molecular weight excluding hydrogens is 268 g/mol. The number of aromatic nitrogens is 3. The Morgan fingerprint density at radius 3 is 2.67 bits per heavy atom. The fourth-order valence-electron chi connectivity index (χ4n) is 2.22. The van der Waals surface area contributed by atoms with Crippen LogP contribution in [0.15, 0.2) is 18.3 Å². The summed E-state index contributed by atoms with van der Waals surface area (Å²) in [6, 6.07) is 3.48. The summed E-state index contributed by atoms with van der Waals surface area (Å²) in [5, 5.41) is 7.18. The number of nitrogens with zero attached hydrogens (tertiary/aromatic N) is 3. The van der Waals surface area contributed by atoms with Gasteiger partial charge in [-0.25, -0.2) is 4.98 Å². The maximum absolute atomic E-state index is 12.0. The molecule has 0 unspecified atom stereocenters. The zero-order chi connectivity index (χ0) is 15.4. The van der Waals surface area contributed by atoms with Gasteiger partial charge in [-0.2, -0.15) is 5.10 Å². The molecule has 2 aromatic heterocycles. The highest BCUT2D eigenvalue weighted by molar-refractivity contribution is 5.90. The van der Waals surface area contributed by atoms with Gasteiger partial charge in [0.1, 0.15) is 0 Å². The van der Waals surface area contributed by atoms with Gasteiger partial charge in [-0.05, 0) is 31.9 Å². The molecule has 0 aliphatic rings. The van der Waals surface area contributed by atoms with E-state index in [9.17, 15) is 4.79 Å². The van der Waals surface area contributed by atoms with E-state index in [0.717, 1.165) is 17.0 Å². The smallest absolute Gasteiger partial charge is 0.224 e. The predicted molar refractivity (Wildman–Crippen MR) is 80.4 cm³/mol. The van der Waals surface area contributed by atoms with Gasteiger partial charge >= 0.3 is 0 Å². The molecule has 0 fully saturated rings. The van der Waals surface area contributed by atoms with Crippen molar-refractivity contribution >= 4 is 11.6 Å². The highest BCUT2D eigenvalue weighted by atomic mass is 16.5. The maximum Gasteiger partial charge on any atom is 0.224 e. The van der Waals surface area contributed by atoms with Crippen LogP contribution in [0.3, 0.4) is 0 Å². The average molecular weight is 288 g/mol. The van der Waals surface area contributed by atoms with Crippen molar-refractivity contribution in [2.24, 2.45) is 7.05 Å². The number of ether oxygens (including phenoxy) is 1. The molecule has 0 radical (unpaired) electrons. The van der Waals surface area contributed by atoms with Gasteiger partial charge in [0.2, 0.25) is 11.8 Å². The van der Waals surface area contributed by atoms with Crippen LogP contribution < -0.4 is 10.1 Å². The normalized spacial score (nSPS) is 10.5. The first-order chi connectivity index (χ1) is 10.0. The second-order valence-electron chi connectivity index (χ2n) is 4.91. The molecule has 1 N–H and O–H groups in total. The second-order valence-corrected chi connectivity index (χ2v) is 4.91. The standard InChI is InChI=1S/C15H20N4O2/c1-10-13(11(2)19(3)18-10)6-7-14(20)17-12-5-8-15(21-4)16-9-12/h5,8-9H,6-7H2,1-4H3,(H,17,20). The van der Waals surface area contributed by atoms with Crippen molar-refractivity contribution in [1.82, 2.24) is 14.8 Å². The minimum absolute atomic E-state index is 0.0374. The second kappa shape index (κ2) is 6.39. The molecule has 112 valence electrons. The van der Waals surface area contributed by atoms with Gasteiger partial charge in [0.15, 0.2) is 0 Å². The fraction of sp³-hybridized carbons (Fsp3) is 0.400. The van der Waals surface area contributed by atoms with Gasteiger partial charge in [0.25, 0.3) is 0 Å². The molecule has 0 bridgehead atoms. The third-order valence-electron chi connectivity index (χ3n) is 3.49. The monoisotopic (exact) mass is 288 g/mol. The summed E-state index contributed by atoms with van der Waals surface area (Å²) in [6.45, 7) is 3.98. The zero-order valence-corrected chi connectivity index (χ0v) is 12.8. The Labute approximate surface area is 124 Å². The van der Waals surface area contributed by atoms with Crippen molar-refractivity contribution in [3.05, 3.63) is 35.3 Å². The number of amides is 1. The highest BCUT2D eigenvalue weighted by Crippen LogP contribution is 2.15. The van der Waals surface area contributed by atoms with E-state index in [1.165, 1.54) is 0 Å². The molecule has 0 atom stereocenters. The van der Waals surface area contributed by atoms with E-state index in [1.54, 1.807) is 25.4 Å². The van der Waals surface area contributed by atoms with Crippen LogP contribution in [-0.2, 0) is 18.3 Å². The van der Waals surface area contributed by atoms with Crippen LogP contribution in [0, 0.1) is 13.8 Å². The van der Waals surface area contributed by atoms with Crippen LogP contribution in [0.4, 0.5) is 5.69 Å². The number of nitrogens with one attached hydrogen (secondary N) is 1. The Balaban J connectivity index is 1.92. The van der Waals surface area contributed by atoms with Gasteiger partial charge < -0.3 is 10.1 Å². The Kier molecular flexibility index (Phi) is 4.57. The number of carbonyl (C=O) groups excluding carboxylic acids is 1. The van der Waals surface area contributed by atoms with E-state index >= 15 is 0 Å². The fourth-order valence-corrected chi connectivity index (χ4v) is 2.22. The third kappa shape index (κ3) is 3.59. The summed E-state index contributed by atoms with van der Waals surface area (Å²) < 4.78 is 6.82. The van der Waals surface area contributed by atoms with Crippen LogP contribution in [0.1, 0.15) is 23.4 Å². The number of anilines is 1. The van der Waals surface area contributed by atoms with Crippen LogP contribution in [0.25, 0.3) is 0 Å². The minimum atomic E-state index is -0.0374. The van der Waals surface area contributed by atoms with Crippen molar-refractivity contribution < 1.29 is 9.53 Å². The predicted octanol–water partition coefficient (Wildman–Crippen LogP) is 2.01. The molecule has 0 spiro atoms. The quantitative estimate of drug-likeness (QED) is 0.913. The Morgan fingerprint density at radius 1 is 1.38 bits per heavy atom. The van der Waals surface area contributed by atoms with Crippen LogP contribution in [-0.4, -0.2) is 27.8 Å². The lowest BCUT2D eigenvalue weighted by atomic mass is 10.1. The molecular formula is C15H20N4O2. The molecule has 0 saturated heterocycles. The summed E-state index contributed by atoms with van der Waals surface area (Å²) in [5.74, 6) is 0.485. The third-order valence-corrected chi connectivity index (χ3v) is 3.49. The number of hydrogen-bond acceptors (Lipinski definition) is 4. The number of pyridine rings is 1. The Morgan fingerprint density at radius 2 is 2.14 bits per heavy atom.